The van der Waals surface area contributed by atoms with E-state index in [9.17, 15) is 0 Å². The van der Waals surface area contributed by atoms with Gasteiger partial charge in [0.25, 0.3) is 0 Å². The summed E-state index contributed by atoms with van der Waals surface area (Å²) < 4.78 is 11.5. The van der Waals surface area contributed by atoms with E-state index in [4.69, 9.17) is 8.83 Å². The average molecular weight is 255 g/mol. The van der Waals surface area contributed by atoms with Crippen molar-refractivity contribution >= 4 is 26.3 Å². The Morgan fingerprint density at radius 3 is 2.64 bits per heavy atom. The van der Waals surface area contributed by atoms with E-state index in [-0.39, 0.29) is 0 Å². The molecule has 0 N–H and O–H groups in total. The zero-order valence-electron chi connectivity index (χ0n) is 6.20. The summed E-state index contributed by atoms with van der Waals surface area (Å²) in [5.41, 5.74) is 1.02. The molecule has 2 rings (SSSR count). The first-order valence-corrected chi connectivity index (χ1v) is 6.31. The summed E-state index contributed by atoms with van der Waals surface area (Å²) in [6.45, 7) is 0. The Balaban J connectivity index is 2.45. The molecule has 0 amide bonds. The molecule has 0 fully saturated rings. The first kappa shape index (κ1) is 7.03. The number of hydrogen-bond donors (Lipinski definition) is 0. The molecule has 2 aromatic heterocycles. The number of hydrogen-bond acceptors (Lipinski definition) is 2. The molecule has 0 aromatic carbocycles. The zero-order chi connectivity index (χ0) is 7.68. The van der Waals surface area contributed by atoms with Gasteiger partial charge in [-0.1, -0.05) is 0 Å². The standard InChI is InChI=1S/C8H5O2.Sn.3H/c1-2-8(10-4-1)7-3-5-9-6-7;;;;/h1-3,5-6H;;;;. The van der Waals surface area contributed by atoms with Crippen LogP contribution in [0.1, 0.15) is 0 Å². The molecule has 0 unspecified atom stereocenters. The third-order valence-corrected chi connectivity index (χ3v) is 3.08. The van der Waals surface area contributed by atoms with Crippen molar-refractivity contribution in [2.24, 2.45) is 0 Å². The molecule has 2 aromatic rings. The van der Waals surface area contributed by atoms with Crippen molar-refractivity contribution in [2.45, 2.75) is 0 Å². The molecule has 0 aliphatic carbocycles. The van der Waals surface area contributed by atoms with E-state index in [2.05, 4.69) is 0 Å². The minimum atomic E-state index is 0.464. The Labute approximate surface area is 77.3 Å². The monoisotopic (exact) mass is 256 g/mol. The fourth-order valence-corrected chi connectivity index (χ4v) is 2.10. The molecule has 3 heteroatoms. The van der Waals surface area contributed by atoms with E-state index in [1.807, 2.05) is 18.2 Å². The normalized spacial score (nSPS) is 10.5. The molecule has 0 spiro atoms. The number of furan rings is 2. The van der Waals surface area contributed by atoms with Crippen LogP contribution in [0.3, 0.4) is 0 Å². The molecule has 0 saturated carbocycles. The fourth-order valence-electron chi connectivity index (χ4n) is 0.994. The van der Waals surface area contributed by atoms with E-state index in [1.54, 1.807) is 12.5 Å². The summed E-state index contributed by atoms with van der Waals surface area (Å²) in [4.78, 5) is 0. The average Bonchev–Trinajstić information content (AvgIpc) is 2.55. The van der Waals surface area contributed by atoms with Crippen molar-refractivity contribution in [3.8, 4) is 11.3 Å². The third-order valence-electron chi connectivity index (χ3n) is 1.55. The first-order chi connectivity index (χ1) is 5.36. The van der Waals surface area contributed by atoms with Gasteiger partial charge < -0.3 is 0 Å². The van der Waals surface area contributed by atoms with Crippen LogP contribution >= 0.6 is 0 Å². The van der Waals surface area contributed by atoms with Gasteiger partial charge in [-0.15, -0.1) is 0 Å². The van der Waals surface area contributed by atoms with E-state index in [0.29, 0.717) is 22.5 Å². The van der Waals surface area contributed by atoms with Crippen LogP contribution in [0.2, 0.25) is 0 Å². The fraction of sp³-hybridized carbons (Fsp3) is 0. The second-order valence-electron chi connectivity index (χ2n) is 2.42. The third kappa shape index (κ3) is 1.35. The van der Waals surface area contributed by atoms with Crippen LogP contribution in [0.5, 0.6) is 0 Å². The number of rotatable bonds is 1. The molecule has 0 atom stereocenters. The molecule has 0 aliphatic rings. The summed E-state index contributed by atoms with van der Waals surface area (Å²) in [5.74, 6) is 0.910. The van der Waals surface area contributed by atoms with Crippen molar-refractivity contribution in [1.82, 2.24) is 0 Å². The van der Waals surface area contributed by atoms with Gasteiger partial charge in [-0.05, 0) is 0 Å². The van der Waals surface area contributed by atoms with Gasteiger partial charge >= 0.3 is 77.2 Å². The Morgan fingerprint density at radius 2 is 2.09 bits per heavy atom. The quantitative estimate of drug-likeness (QED) is 0.694. The van der Waals surface area contributed by atoms with Gasteiger partial charge in [-0.25, -0.2) is 0 Å². The molecule has 2 heterocycles. The second-order valence-corrected chi connectivity index (χ2v) is 5.24. The van der Waals surface area contributed by atoms with Crippen LogP contribution in [0.15, 0.2) is 39.6 Å². The molecule has 11 heavy (non-hydrogen) atoms. The first-order valence-electron chi connectivity index (χ1n) is 3.45. The Morgan fingerprint density at radius 1 is 1.18 bits per heavy atom. The van der Waals surface area contributed by atoms with Gasteiger partial charge in [0.1, 0.15) is 0 Å². The van der Waals surface area contributed by atoms with Crippen molar-refractivity contribution in [1.29, 1.82) is 0 Å². The van der Waals surface area contributed by atoms with Crippen LogP contribution < -0.4 is 3.78 Å². The van der Waals surface area contributed by atoms with E-state index in [1.165, 1.54) is 0 Å². The molecule has 56 valence electrons. The van der Waals surface area contributed by atoms with Gasteiger partial charge in [0.05, 0.1) is 0 Å². The molecule has 0 saturated heterocycles. The van der Waals surface area contributed by atoms with Crippen LogP contribution in [0.4, 0.5) is 0 Å². The molecule has 0 radical (unpaired) electrons. The molecular formula is C8H8O2Sn. The molecule has 0 bridgehead atoms. The van der Waals surface area contributed by atoms with Crippen LogP contribution in [-0.4, -0.2) is 22.5 Å². The van der Waals surface area contributed by atoms with Gasteiger partial charge in [0.15, 0.2) is 0 Å². The Hall–Kier alpha value is -0.641. The van der Waals surface area contributed by atoms with Crippen molar-refractivity contribution < 1.29 is 8.83 Å². The predicted molar refractivity (Wildman–Crippen MR) is 46.0 cm³/mol. The summed E-state index contributed by atoms with van der Waals surface area (Å²) in [6.07, 6.45) is 3.34. The van der Waals surface area contributed by atoms with Crippen LogP contribution in [0, 0.1) is 0 Å². The van der Waals surface area contributed by atoms with Crippen LogP contribution in [-0.2, 0) is 0 Å². The topological polar surface area (TPSA) is 26.3 Å². The second kappa shape index (κ2) is 2.77. The summed E-state index contributed by atoms with van der Waals surface area (Å²) in [7, 11) is 0. The molecule has 2 nitrogen and oxygen atoms in total. The van der Waals surface area contributed by atoms with E-state index >= 15 is 0 Å². The van der Waals surface area contributed by atoms with Gasteiger partial charge in [-0.2, -0.15) is 0 Å². The maximum absolute atomic E-state index is 5.46. The summed E-state index contributed by atoms with van der Waals surface area (Å²) in [6, 6.07) is 5.91. The summed E-state index contributed by atoms with van der Waals surface area (Å²) >= 11 is 0.464. The van der Waals surface area contributed by atoms with E-state index in [0.717, 1.165) is 15.1 Å². The van der Waals surface area contributed by atoms with Crippen LogP contribution in [0.25, 0.3) is 11.3 Å². The SMILES string of the molecule is [SnH3][c]1ccc(-c2ccoc2)o1. The van der Waals surface area contributed by atoms with Crippen molar-refractivity contribution in [3.05, 3.63) is 30.7 Å². The van der Waals surface area contributed by atoms with Gasteiger partial charge in [-0.3, -0.25) is 0 Å². The minimum absolute atomic E-state index is 0.464. The molecule has 0 aliphatic heterocycles. The Bertz CT molecular complexity index is 335. The predicted octanol–water partition coefficient (Wildman–Crippen LogP) is 0.530. The van der Waals surface area contributed by atoms with E-state index < -0.39 is 0 Å². The van der Waals surface area contributed by atoms with Gasteiger partial charge in [0.2, 0.25) is 0 Å². The molecular weight excluding hydrogens is 247 g/mol. The van der Waals surface area contributed by atoms with Crippen molar-refractivity contribution in [2.75, 3.05) is 0 Å². The summed E-state index contributed by atoms with van der Waals surface area (Å²) in [5, 5.41) is 0. The zero-order valence-corrected chi connectivity index (χ0v) is 11.9. The maximum atomic E-state index is 5.46. The van der Waals surface area contributed by atoms with Gasteiger partial charge in [0, 0.05) is 0 Å². The van der Waals surface area contributed by atoms with Crippen molar-refractivity contribution in [3.63, 3.8) is 0 Å². The Kier molecular flexibility index (Phi) is 1.77.